The third kappa shape index (κ3) is 57.4. The molecule has 0 amide bonds. The van der Waals surface area contributed by atoms with Crippen LogP contribution < -0.4 is 0 Å². The molecule has 0 spiro atoms. The smallest absolute Gasteiger partial charge is 0.462 e. The van der Waals surface area contributed by atoms with Crippen molar-refractivity contribution in [2.24, 2.45) is 0 Å². The Kier molecular flexibility index (Phi) is 51.7. The van der Waals surface area contributed by atoms with E-state index >= 15 is 0 Å². The van der Waals surface area contributed by atoms with Gasteiger partial charge in [-0.15, -0.1) is 0 Å². The molecule has 0 heterocycles. The Labute approximate surface area is 440 Å². The Bertz CT molecular complexity index is 1300. The Morgan fingerprint density at radius 3 is 1.15 bits per heavy atom. The van der Waals surface area contributed by atoms with E-state index < -0.39 is 26.5 Å². The van der Waals surface area contributed by atoms with E-state index in [9.17, 15) is 19.0 Å². The Morgan fingerprint density at radius 2 is 0.761 bits per heavy atom. The first-order valence-electron chi connectivity index (χ1n) is 30.2. The lowest BCUT2D eigenvalue weighted by atomic mass is 10.0. The number of phosphoric acid groups is 1. The van der Waals surface area contributed by atoms with Crippen molar-refractivity contribution in [2.45, 2.75) is 296 Å². The van der Waals surface area contributed by atoms with Crippen LogP contribution in [0.15, 0.2) is 36.5 Å². The highest BCUT2D eigenvalue weighted by atomic mass is 31.2. The van der Waals surface area contributed by atoms with Gasteiger partial charge in [0.05, 0.1) is 27.7 Å². The summed E-state index contributed by atoms with van der Waals surface area (Å²) in [5.41, 5.74) is 0. The maximum atomic E-state index is 12.8. The molecule has 2 unspecified atom stereocenters. The van der Waals surface area contributed by atoms with Crippen molar-refractivity contribution in [2.75, 3.05) is 47.5 Å². The van der Waals surface area contributed by atoms with Crippen molar-refractivity contribution in [3.05, 3.63) is 36.5 Å². The van der Waals surface area contributed by atoms with Crippen molar-refractivity contribution in [1.29, 1.82) is 0 Å². The van der Waals surface area contributed by atoms with Gasteiger partial charge in [0.15, 0.2) is 6.10 Å². The van der Waals surface area contributed by atoms with Gasteiger partial charge in [0.1, 0.15) is 19.8 Å². The van der Waals surface area contributed by atoms with Crippen LogP contribution in [-0.4, -0.2) is 74.9 Å². The molecule has 0 aromatic rings. The number of allylic oxidation sites excluding steroid dienone is 6. The first-order chi connectivity index (χ1) is 34.5. The standard InChI is InChI=1S/C61H116NO8P/c1-6-8-10-12-14-16-18-20-21-22-23-24-25-26-27-28-29-30-31-32-33-34-35-36-37-38-39-40-41-42-44-46-48-50-52-54-61(64)70-59(58-69-71(65,66)68-56-55-62(3,4)5)57-67-60(63)53-51-49-47-45-43-19-17-15-13-11-9-7-2/h15,17-18,20,22-23,59H,6-14,16,19,21,24-58H2,1-5H3/p+1/b17-15-,20-18-,23-22-. The molecule has 0 bridgehead atoms. The second-order valence-corrected chi connectivity index (χ2v) is 23.2. The van der Waals surface area contributed by atoms with Gasteiger partial charge in [-0.1, -0.05) is 243 Å². The zero-order chi connectivity index (χ0) is 52.0. The normalized spacial score (nSPS) is 13.5. The van der Waals surface area contributed by atoms with Crippen LogP contribution in [-0.2, 0) is 32.7 Å². The lowest BCUT2D eigenvalue weighted by Gasteiger charge is -2.24. The maximum Gasteiger partial charge on any atom is 0.472 e. The summed E-state index contributed by atoms with van der Waals surface area (Å²) >= 11 is 0. The molecule has 418 valence electrons. The molecule has 1 N–H and O–H groups in total. The number of phosphoric ester groups is 1. The van der Waals surface area contributed by atoms with Gasteiger partial charge in [-0.2, -0.15) is 0 Å². The average Bonchev–Trinajstić information content (AvgIpc) is 3.33. The lowest BCUT2D eigenvalue weighted by molar-refractivity contribution is -0.870. The van der Waals surface area contributed by atoms with E-state index in [2.05, 4.69) is 50.3 Å². The second-order valence-electron chi connectivity index (χ2n) is 21.7. The number of hydrogen-bond acceptors (Lipinski definition) is 7. The fraction of sp³-hybridized carbons (Fsp3) is 0.869. The van der Waals surface area contributed by atoms with E-state index in [1.54, 1.807) is 0 Å². The number of likely N-dealkylation sites (N-methyl/N-ethyl adjacent to an activating group) is 1. The van der Waals surface area contributed by atoms with Crippen LogP contribution in [0.2, 0.25) is 0 Å². The van der Waals surface area contributed by atoms with Gasteiger partial charge in [-0.3, -0.25) is 18.6 Å². The highest BCUT2D eigenvalue weighted by molar-refractivity contribution is 7.47. The molecule has 0 saturated carbocycles. The number of esters is 2. The molecule has 0 aliphatic rings. The fourth-order valence-electron chi connectivity index (χ4n) is 8.69. The molecule has 9 nitrogen and oxygen atoms in total. The van der Waals surface area contributed by atoms with Crippen molar-refractivity contribution in [3.63, 3.8) is 0 Å². The van der Waals surface area contributed by atoms with Crippen LogP contribution in [0.3, 0.4) is 0 Å². The molecular weight excluding hydrogens is 906 g/mol. The van der Waals surface area contributed by atoms with Crippen molar-refractivity contribution in [3.8, 4) is 0 Å². The minimum absolute atomic E-state index is 0.0324. The molecule has 0 fully saturated rings. The summed E-state index contributed by atoms with van der Waals surface area (Å²) in [7, 11) is 1.48. The summed E-state index contributed by atoms with van der Waals surface area (Å²) < 4.78 is 34.5. The van der Waals surface area contributed by atoms with E-state index in [0.29, 0.717) is 17.4 Å². The molecule has 0 rings (SSSR count). The molecule has 0 aromatic heterocycles. The molecule has 71 heavy (non-hydrogen) atoms. The minimum Gasteiger partial charge on any atom is -0.462 e. The number of carbonyl (C=O) groups excluding carboxylic acids is 2. The number of ether oxygens (including phenoxy) is 2. The Hall–Kier alpha value is -1.77. The summed E-state index contributed by atoms with van der Waals surface area (Å²) in [6, 6.07) is 0. The number of hydrogen-bond donors (Lipinski definition) is 1. The van der Waals surface area contributed by atoms with Gasteiger partial charge in [-0.25, -0.2) is 4.57 Å². The van der Waals surface area contributed by atoms with Gasteiger partial charge >= 0.3 is 19.8 Å². The van der Waals surface area contributed by atoms with Crippen LogP contribution in [0, 0.1) is 0 Å². The van der Waals surface area contributed by atoms with E-state index in [4.69, 9.17) is 18.5 Å². The second kappa shape index (κ2) is 53.1. The number of unbranched alkanes of at least 4 members (excludes halogenated alkanes) is 36. The largest absolute Gasteiger partial charge is 0.472 e. The first kappa shape index (κ1) is 69.2. The van der Waals surface area contributed by atoms with E-state index in [-0.39, 0.29) is 32.0 Å². The molecule has 0 saturated heterocycles. The quantitative estimate of drug-likeness (QED) is 0.0211. The van der Waals surface area contributed by atoms with Crippen LogP contribution in [0.25, 0.3) is 0 Å². The van der Waals surface area contributed by atoms with Gasteiger partial charge in [-0.05, 0) is 70.6 Å². The molecule has 0 aliphatic carbocycles. The Balaban J connectivity index is 3.92. The summed E-state index contributed by atoms with van der Waals surface area (Å²) in [5.74, 6) is -0.796. The molecule has 0 aliphatic heterocycles. The molecule has 2 atom stereocenters. The van der Waals surface area contributed by atoms with Gasteiger partial charge in [0.25, 0.3) is 0 Å². The molecule has 10 heteroatoms. The highest BCUT2D eigenvalue weighted by Crippen LogP contribution is 2.43. The SMILES string of the molecule is CCCCC/C=C\CCCCCCCC(=O)OCC(COP(=O)(O)OCC[N+](C)(C)C)OC(=O)CCCCCCCCCCCCCCCCCCCCCCCCC/C=C\C/C=C\CCCCCCC. The first-order valence-corrected chi connectivity index (χ1v) is 31.7. The van der Waals surface area contributed by atoms with Gasteiger partial charge in [0, 0.05) is 12.8 Å². The summed E-state index contributed by atoms with van der Waals surface area (Å²) in [4.78, 5) is 35.6. The van der Waals surface area contributed by atoms with E-state index in [0.717, 1.165) is 57.8 Å². The lowest BCUT2D eigenvalue weighted by Crippen LogP contribution is -2.37. The predicted molar refractivity (Wildman–Crippen MR) is 303 cm³/mol. The predicted octanol–water partition coefficient (Wildman–Crippen LogP) is 18.8. The van der Waals surface area contributed by atoms with Crippen molar-refractivity contribution < 1.29 is 42.1 Å². The zero-order valence-corrected chi connectivity index (χ0v) is 48.4. The van der Waals surface area contributed by atoms with Crippen LogP contribution in [0.5, 0.6) is 0 Å². The van der Waals surface area contributed by atoms with Crippen LogP contribution >= 0.6 is 7.82 Å². The summed E-state index contributed by atoms with van der Waals surface area (Å²) in [5, 5.41) is 0. The highest BCUT2D eigenvalue weighted by Gasteiger charge is 2.27. The van der Waals surface area contributed by atoms with Crippen LogP contribution in [0.4, 0.5) is 0 Å². The molecular formula is C61H117NO8P+. The molecule has 0 aromatic carbocycles. The van der Waals surface area contributed by atoms with E-state index in [1.807, 2.05) is 21.1 Å². The van der Waals surface area contributed by atoms with Crippen molar-refractivity contribution in [1.82, 2.24) is 0 Å². The van der Waals surface area contributed by atoms with Crippen LogP contribution in [0.1, 0.15) is 290 Å². The summed E-state index contributed by atoms with van der Waals surface area (Å²) in [6.45, 7) is 4.42. The number of carbonyl (C=O) groups is 2. The monoisotopic (exact) mass is 1020 g/mol. The number of nitrogens with zero attached hydrogens (tertiary/aromatic N) is 1. The fourth-order valence-corrected chi connectivity index (χ4v) is 9.43. The van der Waals surface area contributed by atoms with Gasteiger partial charge < -0.3 is 18.9 Å². The average molecular weight is 1020 g/mol. The molecule has 0 radical (unpaired) electrons. The topological polar surface area (TPSA) is 108 Å². The van der Waals surface area contributed by atoms with E-state index in [1.165, 1.54) is 199 Å². The van der Waals surface area contributed by atoms with Crippen molar-refractivity contribution >= 4 is 19.8 Å². The van der Waals surface area contributed by atoms with Gasteiger partial charge in [0.2, 0.25) is 0 Å². The number of quaternary nitrogens is 1. The number of rotatable bonds is 56. The maximum absolute atomic E-state index is 12.8. The zero-order valence-electron chi connectivity index (χ0n) is 47.5. The third-order valence-electron chi connectivity index (χ3n) is 13.4. The Morgan fingerprint density at radius 1 is 0.437 bits per heavy atom. The third-order valence-corrected chi connectivity index (χ3v) is 14.4. The minimum atomic E-state index is -4.38. The summed E-state index contributed by atoms with van der Waals surface area (Å²) in [6.07, 6.45) is 65.3.